The molecule has 8 heteroatoms. The molecule has 8 nitrogen and oxygen atoms in total. The van der Waals surface area contributed by atoms with Crippen LogP contribution in [0.1, 0.15) is 56.7 Å². The summed E-state index contributed by atoms with van der Waals surface area (Å²) < 4.78 is 28.4. The van der Waals surface area contributed by atoms with E-state index in [0.717, 1.165) is 28.2 Å². The summed E-state index contributed by atoms with van der Waals surface area (Å²) in [6.45, 7) is 6.90. The zero-order chi connectivity index (χ0) is 33.4. The number of carbonyl (C=O) groups excluding carboxylic acids is 2. The zero-order valence-electron chi connectivity index (χ0n) is 27.6. The summed E-state index contributed by atoms with van der Waals surface area (Å²) in [7, 11) is 3.24. The average Bonchev–Trinajstić information content (AvgIpc) is 3.06. The summed E-state index contributed by atoms with van der Waals surface area (Å²) in [6.07, 6.45) is 1.49. The fourth-order valence-corrected chi connectivity index (χ4v) is 4.73. The molecule has 0 amide bonds. The summed E-state index contributed by atoms with van der Waals surface area (Å²) >= 11 is 0. The number of ketones is 2. The molecule has 0 heterocycles. The molecule has 3 rings (SSSR count). The van der Waals surface area contributed by atoms with Gasteiger partial charge in [0, 0.05) is 18.3 Å². The third kappa shape index (κ3) is 12.9. The van der Waals surface area contributed by atoms with Crippen molar-refractivity contribution in [3.8, 4) is 11.5 Å². The van der Waals surface area contributed by atoms with Crippen molar-refractivity contribution in [2.45, 2.75) is 78.2 Å². The molecule has 0 aliphatic carbocycles. The Morgan fingerprint density at radius 1 is 0.783 bits per heavy atom. The number of hydrogen-bond donors (Lipinski definition) is 1. The quantitative estimate of drug-likeness (QED) is 0.0791. The average molecular weight is 633 g/mol. The first-order chi connectivity index (χ1) is 22.1. The standard InChI is InChI=1S/C38H48O8/c1-28(45-26-29-10-7-6-8-11-29)36(46-27-31-14-18-35(43-5)19-15-31)23-32(39)22-33(40)24-37(41)38(2,3)20-9-21-44-25-30-12-16-34(42-4)17-13-30/h6-20,28,32,36,39H,21-27H2,1-5H3/b20-9+/t28-,32-,36+/m0/s1. The van der Waals surface area contributed by atoms with Crippen LogP contribution < -0.4 is 9.47 Å². The summed E-state index contributed by atoms with van der Waals surface area (Å²) in [5, 5.41) is 10.9. The van der Waals surface area contributed by atoms with Crippen LogP contribution >= 0.6 is 0 Å². The van der Waals surface area contributed by atoms with Crippen molar-refractivity contribution in [3.05, 3.63) is 108 Å². The highest BCUT2D eigenvalue weighted by Gasteiger charge is 2.29. The fourth-order valence-electron chi connectivity index (χ4n) is 4.73. The number of rotatable bonds is 21. The van der Waals surface area contributed by atoms with Gasteiger partial charge in [0.05, 0.1) is 65.4 Å². The summed E-state index contributed by atoms with van der Waals surface area (Å²) in [5.74, 6) is 0.996. The Labute approximate surface area is 273 Å². The number of Topliss-reactive ketones (excluding diaryl/α,β-unsaturated/α-hetero) is 2. The van der Waals surface area contributed by atoms with E-state index in [-0.39, 0.29) is 36.9 Å². The number of carbonyl (C=O) groups is 2. The van der Waals surface area contributed by atoms with Crippen LogP contribution in [-0.2, 0) is 43.6 Å². The minimum absolute atomic E-state index is 0.149. The Morgan fingerprint density at radius 2 is 1.33 bits per heavy atom. The molecule has 3 aromatic rings. The van der Waals surface area contributed by atoms with Gasteiger partial charge in [0.1, 0.15) is 23.1 Å². The second-order valence-electron chi connectivity index (χ2n) is 11.9. The molecule has 0 unspecified atom stereocenters. The monoisotopic (exact) mass is 632 g/mol. The van der Waals surface area contributed by atoms with Gasteiger partial charge < -0.3 is 28.8 Å². The minimum atomic E-state index is -0.992. The SMILES string of the molecule is COc1ccc(COC/C=C/C(C)(C)C(=O)CC(=O)C[C@H](O)C[C@@H](OCc2ccc(OC)cc2)[C@H](C)OCc2ccccc2)cc1. The van der Waals surface area contributed by atoms with Gasteiger partial charge in [-0.3, -0.25) is 9.59 Å². The molecule has 0 bridgehead atoms. The van der Waals surface area contributed by atoms with E-state index in [0.29, 0.717) is 26.4 Å². The van der Waals surface area contributed by atoms with Gasteiger partial charge in [-0.15, -0.1) is 0 Å². The summed E-state index contributed by atoms with van der Waals surface area (Å²) in [5.41, 5.74) is 2.13. The van der Waals surface area contributed by atoms with Gasteiger partial charge in [-0.05, 0) is 61.7 Å². The zero-order valence-corrected chi connectivity index (χ0v) is 27.6. The van der Waals surface area contributed by atoms with Crippen LogP contribution in [0.25, 0.3) is 0 Å². The van der Waals surface area contributed by atoms with Crippen LogP contribution in [0.5, 0.6) is 11.5 Å². The summed E-state index contributed by atoms with van der Waals surface area (Å²) in [6, 6.07) is 25.0. The van der Waals surface area contributed by atoms with E-state index in [4.69, 9.17) is 23.7 Å². The Morgan fingerprint density at radius 3 is 1.91 bits per heavy atom. The van der Waals surface area contributed by atoms with Gasteiger partial charge in [0.15, 0.2) is 0 Å². The third-order valence-electron chi connectivity index (χ3n) is 7.72. The maximum absolute atomic E-state index is 13.0. The predicted molar refractivity (Wildman–Crippen MR) is 178 cm³/mol. The second kappa shape index (κ2) is 19.0. The van der Waals surface area contributed by atoms with E-state index < -0.39 is 17.6 Å². The Balaban J connectivity index is 1.49. The summed E-state index contributed by atoms with van der Waals surface area (Å²) in [4.78, 5) is 25.9. The van der Waals surface area contributed by atoms with Crippen LogP contribution in [-0.4, -0.2) is 55.8 Å². The number of methoxy groups -OCH3 is 2. The smallest absolute Gasteiger partial charge is 0.149 e. The topological polar surface area (TPSA) is 101 Å². The molecule has 248 valence electrons. The molecule has 0 radical (unpaired) electrons. The van der Waals surface area contributed by atoms with Crippen LogP contribution in [0.2, 0.25) is 0 Å². The first-order valence-electron chi connectivity index (χ1n) is 15.6. The molecule has 46 heavy (non-hydrogen) atoms. The van der Waals surface area contributed by atoms with Crippen LogP contribution in [0.3, 0.4) is 0 Å². The number of ether oxygens (including phenoxy) is 5. The van der Waals surface area contributed by atoms with Gasteiger partial charge in [0.25, 0.3) is 0 Å². The number of aliphatic hydroxyl groups is 1. The van der Waals surface area contributed by atoms with E-state index in [1.54, 1.807) is 40.2 Å². The molecule has 0 aromatic heterocycles. The lowest BCUT2D eigenvalue weighted by Gasteiger charge is -2.27. The Hall–Kier alpha value is -3.82. The molecule has 0 saturated heterocycles. The molecule has 0 aliphatic rings. The third-order valence-corrected chi connectivity index (χ3v) is 7.72. The predicted octanol–water partition coefficient (Wildman–Crippen LogP) is 6.66. The van der Waals surface area contributed by atoms with Crippen LogP contribution in [0.4, 0.5) is 0 Å². The second-order valence-corrected chi connectivity index (χ2v) is 11.9. The normalized spacial score (nSPS) is 13.7. The van der Waals surface area contributed by atoms with Crippen molar-refractivity contribution in [1.29, 1.82) is 0 Å². The van der Waals surface area contributed by atoms with Crippen LogP contribution in [0, 0.1) is 5.41 Å². The van der Waals surface area contributed by atoms with Gasteiger partial charge in [-0.25, -0.2) is 0 Å². The van der Waals surface area contributed by atoms with Gasteiger partial charge >= 0.3 is 0 Å². The van der Waals surface area contributed by atoms with Crippen molar-refractivity contribution in [2.24, 2.45) is 5.41 Å². The molecular formula is C38H48O8. The molecular weight excluding hydrogens is 584 g/mol. The van der Waals surface area contributed by atoms with E-state index in [1.165, 1.54) is 0 Å². The Bertz CT molecular complexity index is 1350. The highest BCUT2D eigenvalue weighted by atomic mass is 16.5. The molecule has 0 fully saturated rings. The van der Waals surface area contributed by atoms with Crippen molar-refractivity contribution < 1.29 is 38.4 Å². The number of hydrogen-bond acceptors (Lipinski definition) is 8. The first-order valence-corrected chi connectivity index (χ1v) is 15.6. The highest BCUT2D eigenvalue weighted by Crippen LogP contribution is 2.23. The number of benzene rings is 3. The van der Waals surface area contributed by atoms with E-state index in [2.05, 4.69) is 0 Å². The molecule has 0 spiro atoms. The van der Waals surface area contributed by atoms with Crippen molar-refractivity contribution in [3.63, 3.8) is 0 Å². The van der Waals surface area contributed by atoms with E-state index in [9.17, 15) is 14.7 Å². The maximum Gasteiger partial charge on any atom is 0.149 e. The van der Waals surface area contributed by atoms with Crippen molar-refractivity contribution in [1.82, 2.24) is 0 Å². The van der Waals surface area contributed by atoms with Crippen molar-refractivity contribution in [2.75, 3.05) is 20.8 Å². The van der Waals surface area contributed by atoms with Crippen LogP contribution in [0.15, 0.2) is 91.0 Å². The molecule has 1 N–H and O–H groups in total. The molecule has 3 aromatic carbocycles. The van der Waals surface area contributed by atoms with E-state index >= 15 is 0 Å². The van der Waals surface area contributed by atoms with Crippen molar-refractivity contribution >= 4 is 11.6 Å². The Kier molecular flexibility index (Phi) is 15.1. The molecule has 3 atom stereocenters. The molecule has 0 aliphatic heterocycles. The van der Waals surface area contributed by atoms with Gasteiger partial charge in [-0.1, -0.05) is 66.7 Å². The van der Waals surface area contributed by atoms with Gasteiger partial charge in [0.2, 0.25) is 0 Å². The maximum atomic E-state index is 13.0. The van der Waals surface area contributed by atoms with E-state index in [1.807, 2.05) is 85.8 Å². The lowest BCUT2D eigenvalue weighted by molar-refractivity contribution is -0.132. The highest BCUT2D eigenvalue weighted by molar-refractivity contribution is 6.02. The minimum Gasteiger partial charge on any atom is -0.497 e. The number of allylic oxidation sites excluding steroid dienone is 1. The lowest BCUT2D eigenvalue weighted by atomic mass is 9.84. The van der Waals surface area contributed by atoms with Gasteiger partial charge in [-0.2, -0.15) is 0 Å². The lowest BCUT2D eigenvalue weighted by Crippen LogP contribution is -2.34. The molecule has 0 saturated carbocycles. The largest absolute Gasteiger partial charge is 0.497 e. The number of aliphatic hydroxyl groups excluding tert-OH is 1. The fraction of sp³-hybridized carbons (Fsp3) is 0.421. The first kappa shape index (κ1) is 36.6.